The van der Waals surface area contributed by atoms with Crippen molar-refractivity contribution in [2.24, 2.45) is 5.41 Å². The standard InChI is InChI=1S/C12H14ClF3O3/c1-8(18-2)19-9(10(13)17)11(12(14,15)16)6-4-3-5-7-11/h3-6,8-9H,7H2,1-2H3. The molecule has 108 valence electrons. The van der Waals surface area contributed by atoms with Crippen molar-refractivity contribution < 1.29 is 27.4 Å². The minimum Gasteiger partial charge on any atom is -0.356 e. The van der Waals surface area contributed by atoms with Crippen LogP contribution < -0.4 is 0 Å². The summed E-state index contributed by atoms with van der Waals surface area (Å²) in [4.78, 5) is 11.4. The van der Waals surface area contributed by atoms with Gasteiger partial charge in [0.1, 0.15) is 5.41 Å². The Kier molecular flexibility index (Phi) is 5.18. The van der Waals surface area contributed by atoms with E-state index in [0.29, 0.717) is 0 Å². The van der Waals surface area contributed by atoms with E-state index < -0.39 is 35.6 Å². The molecule has 0 radical (unpaired) electrons. The zero-order valence-corrected chi connectivity index (χ0v) is 11.2. The summed E-state index contributed by atoms with van der Waals surface area (Å²) in [5.41, 5.74) is -2.46. The Balaban J connectivity index is 3.17. The molecule has 0 aromatic carbocycles. The fourth-order valence-corrected chi connectivity index (χ4v) is 2.06. The zero-order chi connectivity index (χ0) is 14.7. The summed E-state index contributed by atoms with van der Waals surface area (Å²) >= 11 is 5.30. The third kappa shape index (κ3) is 3.38. The van der Waals surface area contributed by atoms with Gasteiger partial charge in [0, 0.05) is 7.11 Å². The summed E-state index contributed by atoms with van der Waals surface area (Å²) in [6, 6.07) is 0. The van der Waals surface area contributed by atoms with Gasteiger partial charge in [-0.25, -0.2) is 0 Å². The second-order valence-electron chi connectivity index (χ2n) is 4.15. The molecule has 0 aliphatic heterocycles. The number of hydrogen-bond acceptors (Lipinski definition) is 3. The molecule has 0 N–H and O–H groups in total. The summed E-state index contributed by atoms with van der Waals surface area (Å²) in [5, 5.41) is -1.21. The highest BCUT2D eigenvalue weighted by Crippen LogP contribution is 2.48. The van der Waals surface area contributed by atoms with Gasteiger partial charge in [0.05, 0.1) is 0 Å². The molecule has 7 heteroatoms. The number of methoxy groups -OCH3 is 1. The van der Waals surface area contributed by atoms with Crippen molar-refractivity contribution in [3.63, 3.8) is 0 Å². The molecule has 19 heavy (non-hydrogen) atoms. The van der Waals surface area contributed by atoms with E-state index in [-0.39, 0.29) is 0 Å². The first-order chi connectivity index (χ1) is 8.74. The van der Waals surface area contributed by atoms with Crippen LogP contribution in [0.25, 0.3) is 0 Å². The molecule has 0 amide bonds. The van der Waals surface area contributed by atoms with E-state index in [1.165, 1.54) is 32.3 Å². The zero-order valence-electron chi connectivity index (χ0n) is 10.4. The molecule has 1 rings (SSSR count). The van der Waals surface area contributed by atoms with Crippen molar-refractivity contribution in [3.8, 4) is 0 Å². The van der Waals surface area contributed by atoms with Crippen LogP contribution >= 0.6 is 11.6 Å². The van der Waals surface area contributed by atoms with Gasteiger partial charge in [-0.1, -0.05) is 24.3 Å². The smallest absolute Gasteiger partial charge is 0.356 e. The molecule has 1 aliphatic rings. The highest BCUT2D eigenvalue weighted by atomic mass is 35.5. The SMILES string of the molecule is COC(C)OC(C(=O)Cl)C1(C(F)(F)F)C=CC=CC1. The van der Waals surface area contributed by atoms with Crippen molar-refractivity contribution in [3.05, 3.63) is 24.3 Å². The fourth-order valence-electron chi connectivity index (χ4n) is 1.81. The van der Waals surface area contributed by atoms with Gasteiger partial charge in [0.15, 0.2) is 12.4 Å². The van der Waals surface area contributed by atoms with Crippen LogP contribution in [-0.4, -0.2) is 30.9 Å². The predicted molar refractivity (Wildman–Crippen MR) is 63.6 cm³/mol. The van der Waals surface area contributed by atoms with E-state index in [4.69, 9.17) is 21.1 Å². The molecule has 3 unspecified atom stereocenters. The maximum atomic E-state index is 13.3. The molecular weight excluding hydrogens is 285 g/mol. The van der Waals surface area contributed by atoms with Crippen molar-refractivity contribution in [2.45, 2.75) is 31.9 Å². The first-order valence-electron chi connectivity index (χ1n) is 5.53. The average molecular weight is 299 g/mol. The van der Waals surface area contributed by atoms with Crippen LogP contribution in [0.3, 0.4) is 0 Å². The van der Waals surface area contributed by atoms with Crippen LogP contribution in [0.1, 0.15) is 13.3 Å². The van der Waals surface area contributed by atoms with E-state index in [9.17, 15) is 18.0 Å². The first kappa shape index (κ1) is 16.2. The van der Waals surface area contributed by atoms with E-state index in [1.54, 1.807) is 0 Å². The number of alkyl halides is 3. The molecule has 0 heterocycles. The summed E-state index contributed by atoms with van der Waals surface area (Å²) in [6.45, 7) is 1.39. The average Bonchev–Trinajstić information content (AvgIpc) is 2.34. The Hall–Kier alpha value is -0.850. The monoisotopic (exact) mass is 298 g/mol. The topological polar surface area (TPSA) is 35.5 Å². The van der Waals surface area contributed by atoms with Gasteiger partial charge in [0.2, 0.25) is 0 Å². The number of halogens is 4. The maximum absolute atomic E-state index is 13.3. The molecule has 0 saturated carbocycles. The highest BCUT2D eigenvalue weighted by molar-refractivity contribution is 6.64. The molecule has 0 aromatic rings. The van der Waals surface area contributed by atoms with Gasteiger partial charge < -0.3 is 9.47 Å². The number of carbonyl (C=O) groups excluding carboxylic acids is 1. The number of hydrogen-bond donors (Lipinski definition) is 0. The molecule has 3 atom stereocenters. The second kappa shape index (κ2) is 6.07. The fraction of sp³-hybridized carbons (Fsp3) is 0.583. The Morgan fingerprint density at radius 2 is 2.05 bits per heavy atom. The molecule has 1 aliphatic carbocycles. The number of carbonyl (C=O) groups is 1. The maximum Gasteiger partial charge on any atom is 0.401 e. The lowest BCUT2D eigenvalue weighted by Gasteiger charge is -2.39. The van der Waals surface area contributed by atoms with E-state index in [2.05, 4.69) is 0 Å². The Labute approximate surface area is 114 Å². The van der Waals surface area contributed by atoms with Gasteiger partial charge in [-0.2, -0.15) is 13.2 Å². The normalized spacial score (nSPS) is 26.2. The van der Waals surface area contributed by atoms with Crippen LogP contribution in [0.15, 0.2) is 24.3 Å². The molecular formula is C12H14ClF3O3. The Bertz CT molecular complexity index is 392. The summed E-state index contributed by atoms with van der Waals surface area (Å²) in [6.07, 6.45) is -2.99. The van der Waals surface area contributed by atoms with Gasteiger partial charge in [-0.15, -0.1) is 0 Å². The summed E-state index contributed by atoms with van der Waals surface area (Å²) in [5.74, 6) is 0. The quantitative estimate of drug-likeness (QED) is 0.577. The lowest BCUT2D eigenvalue weighted by atomic mass is 9.76. The largest absolute Gasteiger partial charge is 0.401 e. The molecule has 0 bridgehead atoms. The van der Waals surface area contributed by atoms with Crippen LogP contribution in [0, 0.1) is 5.41 Å². The van der Waals surface area contributed by atoms with Crippen LogP contribution in [0.4, 0.5) is 13.2 Å². The second-order valence-corrected chi connectivity index (χ2v) is 4.53. The Morgan fingerprint density at radius 3 is 2.42 bits per heavy atom. The van der Waals surface area contributed by atoms with Gasteiger partial charge in [-0.3, -0.25) is 4.79 Å². The number of rotatable bonds is 5. The minimum absolute atomic E-state index is 0.410. The Morgan fingerprint density at radius 1 is 1.42 bits per heavy atom. The number of allylic oxidation sites excluding steroid dienone is 3. The van der Waals surface area contributed by atoms with Crippen LogP contribution in [-0.2, 0) is 14.3 Å². The van der Waals surface area contributed by atoms with Gasteiger partial charge in [-0.05, 0) is 24.9 Å². The summed E-state index contributed by atoms with van der Waals surface area (Å²) in [7, 11) is 1.26. The van der Waals surface area contributed by atoms with Gasteiger partial charge >= 0.3 is 6.18 Å². The van der Waals surface area contributed by atoms with Crippen LogP contribution in [0.2, 0.25) is 0 Å². The lowest BCUT2D eigenvalue weighted by Crippen LogP contribution is -2.51. The summed E-state index contributed by atoms with van der Waals surface area (Å²) < 4.78 is 49.8. The third-order valence-electron chi connectivity index (χ3n) is 2.96. The number of ether oxygens (including phenoxy) is 2. The van der Waals surface area contributed by atoms with E-state index in [0.717, 1.165) is 6.08 Å². The minimum atomic E-state index is -4.67. The first-order valence-corrected chi connectivity index (χ1v) is 5.91. The molecule has 0 aromatic heterocycles. The van der Waals surface area contributed by atoms with Crippen molar-refractivity contribution in [2.75, 3.05) is 7.11 Å². The third-order valence-corrected chi connectivity index (χ3v) is 3.16. The van der Waals surface area contributed by atoms with Crippen molar-refractivity contribution in [1.29, 1.82) is 0 Å². The van der Waals surface area contributed by atoms with E-state index in [1.807, 2.05) is 0 Å². The predicted octanol–water partition coefficient (Wildman–Crippen LogP) is 3.19. The molecule has 0 fully saturated rings. The van der Waals surface area contributed by atoms with Crippen molar-refractivity contribution >= 4 is 16.8 Å². The lowest BCUT2D eigenvalue weighted by molar-refractivity contribution is -0.258. The van der Waals surface area contributed by atoms with Gasteiger partial charge in [0.25, 0.3) is 5.24 Å². The molecule has 3 nitrogen and oxygen atoms in total. The van der Waals surface area contributed by atoms with E-state index >= 15 is 0 Å². The van der Waals surface area contributed by atoms with Crippen molar-refractivity contribution in [1.82, 2.24) is 0 Å². The molecule has 0 spiro atoms. The molecule has 0 saturated heterocycles. The van der Waals surface area contributed by atoms with Crippen LogP contribution in [0.5, 0.6) is 0 Å². The highest BCUT2D eigenvalue weighted by Gasteiger charge is 2.60.